The number of nitrogens with one attached hydrogen (secondary N) is 3. The SMILES string of the molecule is CCc1ccc(C(=O)NNC(=O)[C@@H](CC(C)C)NC(=O)c2ccc(Cl)cc2)cc1. The predicted octanol–water partition coefficient (Wildman–Crippen LogP) is 3.51. The van der Waals surface area contributed by atoms with Crippen LogP contribution in [-0.4, -0.2) is 23.8 Å². The summed E-state index contributed by atoms with van der Waals surface area (Å²) in [7, 11) is 0. The Morgan fingerprint density at radius 3 is 1.97 bits per heavy atom. The van der Waals surface area contributed by atoms with E-state index in [1.165, 1.54) is 0 Å². The standard InChI is InChI=1S/C22H26ClN3O3/c1-4-15-5-7-17(8-6-15)21(28)25-26-22(29)19(13-14(2)3)24-20(27)16-9-11-18(23)12-10-16/h5-12,14,19H,4,13H2,1-3H3,(H,24,27)(H,25,28)(H,26,29)/t19-/m1/s1. The van der Waals surface area contributed by atoms with Crippen LogP contribution in [0.4, 0.5) is 0 Å². The molecule has 0 saturated heterocycles. The third-order valence-electron chi connectivity index (χ3n) is 4.36. The molecule has 0 spiro atoms. The van der Waals surface area contributed by atoms with Gasteiger partial charge in [0.25, 0.3) is 17.7 Å². The first kappa shape index (κ1) is 22.4. The van der Waals surface area contributed by atoms with Crippen molar-refractivity contribution in [3.8, 4) is 0 Å². The molecule has 0 heterocycles. The molecule has 0 fully saturated rings. The van der Waals surface area contributed by atoms with Crippen LogP contribution in [0, 0.1) is 5.92 Å². The van der Waals surface area contributed by atoms with Crippen LogP contribution >= 0.6 is 11.6 Å². The van der Waals surface area contributed by atoms with E-state index in [2.05, 4.69) is 16.2 Å². The summed E-state index contributed by atoms with van der Waals surface area (Å²) in [6, 6.07) is 12.7. The molecule has 3 amide bonds. The molecule has 0 aliphatic rings. The van der Waals surface area contributed by atoms with E-state index in [-0.39, 0.29) is 11.8 Å². The number of carbonyl (C=O) groups excluding carboxylic acids is 3. The molecule has 154 valence electrons. The quantitative estimate of drug-likeness (QED) is 0.605. The van der Waals surface area contributed by atoms with Crippen LogP contribution in [0.15, 0.2) is 48.5 Å². The summed E-state index contributed by atoms with van der Waals surface area (Å²) in [4.78, 5) is 37.3. The fraction of sp³-hybridized carbons (Fsp3) is 0.318. The Kier molecular flexibility index (Phi) is 8.21. The largest absolute Gasteiger partial charge is 0.340 e. The smallest absolute Gasteiger partial charge is 0.269 e. The highest BCUT2D eigenvalue weighted by Gasteiger charge is 2.23. The van der Waals surface area contributed by atoms with Gasteiger partial charge in [-0.05, 0) is 60.7 Å². The molecule has 0 saturated carbocycles. The zero-order valence-electron chi connectivity index (χ0n) is 16.8. The number of hydrogen-bond acceptors (Lipinski definition) is 3. The Hall–Kier alpha value is -2.86. The lowest BCUT2D eigenvalue weighted by Crippen LogP contribution is -2.52. The highest BCUT2D eigenvalue weighted by molar-refractivity contribution is 6.30. The summed E-state index contributed by atoms with van der Waals surface area (Å²) in [5, 5.41) is 3.24. The number of halogens is 1. The third kappa shape index (κ3) is 6.91. The summed E-state index contributed by atoms with van der Waals surface area (Å²) in [5.41, 5.74) is 6.76. The van der Waals surface area contributed by atoms with Crippen LogP contribution in [-0.2, 0) is 11.2 Å². The Balaban J connectivity index is 1.99. The van der Waals surface area contributed by atoms with Gasteiger partial charge in [0, 0.05) is 16.1 Å². The Labute approximate surface area is 176 Å². The second-order valence-electron chi connectivity index (χ2n) is 7.16. The average molecular weight is 416 g/mol. The highest BCUT2D eigenvalue weighted by Crippen LogP contribution is 2.11. The maximum Gasteiger partial charge on any atom is 0.269 e. The minimum atomic E-state index is -0.791. The van der Waals surface area contributed by atoms with Crippen molar-refractivity contribution in [1.29, 1.82) is 0 Å². The van der Waals surface area contributed by atoms with Gasteiger partial charge in [0.1, 0.15) is 6.04 Å². The molecule has 2 rings (SSSR count). The summed E-state index contributed by atoms with van der Waals surface area (Å²) in [6.07, 6.45) is 1.30. The molecule has 0 unspecified atom stereocenters. The molecule has 29 heavy (non-hydrogen) atoms. The van der Waals surface area contributed by atoms with Crippen LogP contribution < -0.4 is 16.2 Å². The molecule has 0 radical (unpaired) electrons. The van der Waals surface area contributed by atoms with E-state index in [0.29, 0.717) is 22.6 Å². The normalized spacial score (nSPS) is 11.6. The van der Waals surface area contributed by atoms with Gasteiger partial charge in [-0.2, -0.15) is 0 Å². The van der Waals surface area contributed by atoms with Gasteiger partial charge >= 0.3 is 0 Å². The summed E-state index contributed by atoms with van der Waals surface area (Å²) in [6.45, 7) is 5.92. The first-order valence-electron chi connectivity index (χ1n) is 9.55. The van der Waals surface area contributed by atoms with Crippen molar-refractivity contribution in [3.63, 3.8) is 0 Å². The van der Waals surface area contributed by atoms with Gasteiger partial charge in [0.15, 0.2) is 0 Å². The first-order chi connectivity index (χ1) is 13.8. The van der Waals surface area contributed by atoms with Gasteiger partial charge in [-0.15, -0.1) is 0 Å². The number of hydrogen-bond donors (Lipinski definition) is 3. The maximum atomic E-state index is 12.6. The molecule has 2 aromatic rings. The van der Waals surface area contributed by atoms with Crippen LogP contribution in [0.3, 0.4) is 0 Å². The van der Waals surface area contributed by atoms with E-state index in [1.54, 1.807) is 36.4 Å². The number of aryl methyl sites for hydroxylation is 1. The maximum absolute atomic E-state index is 12.6. The van der Waals surface area contributed by atoms with Crippen LogP contribution in [0.2, 0.25) is 5.02 Å². The van der Waals surface area contributed by atoms with E-state index >= 15 is 0 Å². The fourth-order valence-corrected chi connectivity index (χ4v) is 2.84. The summed E-state index contributed by atoms with van der Waals surface area (Å²) >= 11 is 5.84. The second kappa shape index (κ2) is 10.6. The van der Waals surface area contributed by atoms with E-state index in [0.717, 1.165) is 12.0 Å². The molecule has 0 bridgehead atoms. The Morgan fingerprint density at radius 2 is 1.41 bits per heavy atom. The Morgan fingerprint density at radius 1 is 0.862 bits per heavy atom. The summed E-state index contributed by atoms with van der Waals surface area (Å²) < 4.78 is 0. The zero-order chi connectivity index (χ0) is 21.4. The van der Waals surface area contributed by atoms with Gasteiger partial charge in [0.05, 0.1) is 0 Å². The number of amides is 3. The van der Waals surface area contributed by atoms with Crippen molar-refractivity contribution in [3.05, 3.63) is 70.2 Å². The van der Waals surface area contributed by atoms with Crippen LogP contribution in [0.5, 0.6) is 0 Å². The van der Waals surface area contributed by atoms with Crippen molar-refractivity contribution in [2.75, 3.05) is 0 Å². The van der Waals surface area contributed by atoms with E-state index in [4.69, 9.17) is 11.6 Å². The number of rotatable bonds is 7. The van der Waals surface area contributed by atoms with Gasteiger partial charge < -0.3 is 5.32 Å². The molecule has 3 N–H and O–H groups in total. The van der Waals surface area contributed by atoms with Crippen LogP contribution in [0.1, 0.15) is 53.5 Å². The molecule has 2 aromatic carbocycles. The third-order valence-corrected chi connectivity index (χ3v) is 4.61. The van der Waals surface area contributed by atoms with Gasteiger partial charge in [-0.3, -0.25) is 25.2 Å². The lowest BCUT2D eigenvalue weighted by Gasteiger charge is -2.20. The molecule has 0 aromatic heterocycles. The average Bonchev–Trinajstić information content (AvgIpc) is 2.71. The van der Waals surface area contributed by atoms with Crippen molar-refractivity contribution in [2.24, 2.45) is 5.92 Å². The lowest BCUT2D eigenvalue weighted by atomic mass is 10.0. The minimum Gasteiger partial charge on any atom is -0.340 e. The van der Waals surface area contributed by atoms with E-state index < -0.39 is 17.9 Å². The van der Waals surface area contributed by atoms with E-state index in [9.17, 15) is 14.4 Å². The van der Waals surface area contributed by atoms with Gasteiger partial charge in [0.2, 0.25) is 0 Å². The first-order valence-corrected chi connectivity index (χ1v) is 9.93. The van der Waals surface area contributed by atoms with Crippen molar-refractivity contribution in [1.82, 2.24) is 16.2 Å². The zero-order valence-corrected chi connectivity index (χ0v) is 17.5. The lowest BCUT2D eigenvalue weighted by molar-refractivity contribution is -0.124. The molecule has 1 atom stereocenters. The van der Waals surface area contributed by atoms with Crippen LogP contribution in [0.25, 0.3) is 0 Å². The van der Waals surface area contributed by atoms with Crippen molar-refractivity contribution in [2.45, 2.75) is 39.7 Å². The van der Waals surface area contributed by atoms with E-state index in [1.807, 2.05) is 32.9 Å². The summed E-state index contributed by atoms with van der Waals surface area (Å²) in [5.74, 6) is -1.13. The fourth-order valence-electron chi connectivity index (χ4n) is 2.72. The number of hydrazine groups is 1. The Bertz CT molecular complexity index is 849. The van der Waals surface area contributed by atoms with Crippen molar-refractivity contribution >= 4 is 29.3 Å². The van der Waals surface area contributed by atoms with Crippen molar-refractivity contribution < 1.29 is 14.4 Å². The number of benzene rings is 2. The predicted molar refractivity (Wildman–Crippen MR) is 114 cm³/mol. The molecule has 0 aliphatic heterocycles. The van der Waals surface area contributed by atoms with Gasteiger partial charge in [-0.25, -0.2) is 0 Å². The minimum absolute atomic E-state index is 0.161. The second-order valence-corrected chi connectivity index (χ2v) is 7.59. The molecule has 0 aliphatic carbocycles. The molecular weight excluding hydrogens is 390 g/mol. The topological polar surface area (TPSA) is 87.3 Å². The molecule has 7 heteroatoms. The monoisotopic (exact) mass is 415 g/mol. The highest BCUT2D eigenvalue weighted by atomic mass is 35.5. The molecule has 6 nitrogen and oxygen atoms in total. The number of carbonyl (C=O) groups is 3. The van der Waals surface area contributed by atoms with Gasteiger partial charge in [-0.1, -0.05) is 44.5 Å². The molecular formula is C22H26ClN3O3.